The van der Waals surface area contributed by atoms with Crippen molar-refractivity contribution in [2.75, 3.05) is 6.61 Å². The lowest BCUT2D eigenvalue weighted by Gasteiger charge is -2.17. The SMILES string of the molecule is O=C(NCc1ccc(O)c(F)c1)NC(CO)c1ccccc1. The molecule has 0 aliphatic rings. The van der Waals surface area contributed by atoms with Crippen LogP contribution in [0, 0.1) is 5.82 Å². The summed E-state index contributed by atoms with van der Waals surface area (Å²) in [6, 6.07) is 12.0. The molecule has 0 aliphatic heterocycles. The van der Waals surface area contributed by atoms with Crippen LogP contribution in [-0.2, 0) is 6.54 Å². The Bertz CT molecular complexity index is 635. The number of halogens is 1. The summed E-state index contributed by atoms with van der Waals surface area (Å²) in [6.07, 6.45) is 0. The fraction of sp³-hybridized carbons (Fsp3) is 0.188. The van der Waals surface area contributed by atoms with E-state index in [1.807, 2.05) is 18.2 Å². The Hall–Kier alpha value is -2.60. The summed E-state index contributed by atoms with van der Waals surface area (Å²) < 4.78 is 13.2. The van der Waals surface area contributed by atoms with Crippen molar-refractivity contribution >= 4 is 6.03 Å². The summed E-state index contributed by atoms with van der Waals surface area (Å²) in [7, 11) is 0. The van der Waals surface area contributed by atoms with Crippen LogP contribution in [0.4, 0.5) is 9.18 Å². The Morgan fingerprint density at radius 1 is 1.18 bits per heavy atom. The predicted octanol–water partition coefficient (Wildman–Crippen LogP) is 2.06. The van der Waals surface area contributed by atoms with Crippen LogP contribution in [0.1, 0.15) is 17.2 Å². The lowest BCUT2D eigenvalue weighted by molar-refractivity contribution is 0.216. The molecule has 22 heavy (non-hydrogen) atoms. The number of phenolic OH excluding ortho intramolecular Hbond substituents is 1. The van der Waals surface area contributed by atoms with Gasteiger partial charge in [0.05, 0.1) is 12.6 Å². The summed E-state index contributed by atoms with van der Waals surface area (Å²) in [4.78, 5) is 11.8. The first-order valence-corrected chi connectivity index (χ1v) is 6.77. The van der Waals surface area contributed by atoms with Gasteiger partial charge in [0.1, 0.15) is 0 Å². The standard InChI is InChI=1S/C16H17FN2O3/c17-13-8-11(6-7-15(13)21)9-18-16(22)19-14(10-20)12-4-2-1-3-5-12/h1-8,14,20-21H,9-10H2,(H2,18,19,22). The molecule has 0 aromatic heterocycles. The number of phenols is 1. The van der Waals surface area contributed by atoms with Crippen molar-refractivity contribution in [2.24, 2.45) is 0 Å². The zero-order valence-electron chi connectivity index (χ0n) is 11.8. The van der Waals surface area contributed by atoms with Crippen molar-refractivity contribution in [3.63, 3.8) is 0 Å². The molecule has 1 atom stereocenters. The van der Waals surface area contributed by atoms with Gasteiger partial charge in [0.15, 0.2) is 11.6 Å². The fourth-order valence-electron chi connectivity index (χ4n) is 1.97. The summed E-state index contributed by atoms with van der Waals surface area (Å²) in [5.41, 5.74) is 1.31. The number of hydrogen-bond acceptors (Lipinski definition) is 3. The van der Waals surface area contributed by atoms with Gasteiger partial charge < -0.3 is 20.8 Å². The maximum atomic E-state index is 13.2. The summed E-state index contributed by atoms with van der Waals surface area (Å²) >= 11 is 0. The highest BCUT2D eigenvalue weighted by Gasteiger charge is 2.13. The number of carbonyl (C=O) groups is 1. The molecule has 4 N–H and O–H groups in total. The third-order valence-corrected chi connectivity index (χ3v) is 3.16. The Balaban J connectivity index is 1.90. The van der Waals surface area contributed by atoms with Crippen LogP contribution >= 0.6 is 0 Å². The summed E-state index contributed by atoms with van der Waals surface area (Å²) in [6.45, 7) is -0.124. The molecule has 1 unspecified atom stereocenters. The first kappa shape index (κ1) is 15.8. The predicted molar refractivity (Wildman–Crippen MR) is 79.7 cm³/mol. The van der Waals surface area contributed by atoms with Gasteiger partial charge >= 0.3 is 6.03 Å². The van der Waals surface area contributed by atoms with E-state index in [0.29, 0.717) is 5.56 Å². The van der Waals surface area contributed by atoms with Gasteiger partial charge in [-0.1, -0.05) is 36.4 Å². The van der Waals surface area contributed by atoms with Crippen molar-refractivity contribution in [3.05, 3.63) is 65.5 Å². The monoisotopic (exact) mass is 304 g/mol. The molecule has 0 aliphatic carbocycles. The zero-order valence-corrected chi connectivity index (χ0v) is 11.8. The van der Waals surface area contributed by atoms with E-state index in [-0.39, 0.29) is 13.2 Å². The van der Waals surface area contributed by atoms with E-state index in [2.05, 4.69) is 10.6 Å². The van der Waals surface area contributed by atoms with Crippen molar-refractivity contribution in [1.82, 2.24) is 10.6 Å². The molecule has 5 nitrogen and oxygen atoms in total. The van der Waals surface area contributed by atoms with Crippen molar-refractivity contribution in [3.8, 4) is 5.75 Å². The zero-order chi connectivity index (χ0) is 15.9. The van der Waals surface area contributed by atoms with Crippen LogP contribution in [0.3, 0.4) is 0 Å². The van der Waals surface area contributed by atoms with E-state index >= 15 is 0 Å². The topological polar surface area (TPSA) is 81.6 Å². The third-order valence-electron chi connectivity index (χ3n) is 3.16. The van der Waals surface area contributed by atoms with Crippen LogP contribution < -0.4 is 10.6 Å². The van der Waals surface area contributed by atoms with Crippen LogP contribution in [0.5, 0.6) is 5.75 Å². The van der Waals surface area contributed by atoms with Gasteiger partial charge in [0, 0.05) is 6.54 Å². The molecule has 0 heterocycles. The number of rotatable bonds is 5. The largest absolute Gasteiger partial charge is 0.505 e. The van der Waals surface area contributed by atoms with Gasteiger partial charge in [-0.05, 0) is 23.3 Å². The average molecular weight is 304 g/mol. The fourth-order valence-corrected chi connectivity index (χ4v) is 1.97. The van der Waals surface area contributed by atoms with Gasteiger partial charge in [-0.25, -0.2) is 9.18 Å². The highest BCUT2D eigenvalue weighted by atomic mass is 19.1. The van der Waals surface area contributed by atoms with E-state index in [1.165, 1.54) is 12.1 Å². The Morgan fingerprint density at radius 3 is 2.55 bits per heavy atom. The second kappa shape index (κ2) is 7.42. The number of urea groups is 1. The molecule has 0 radical (unpaired) electrons. The number of aliphatic hydroxyl groups excluding tert-OH is 1. The Morgan fingerprint density at radius 2 is 1.91 bits per heavy atom. The van der Waals surface area contributed by atoms with E-state index in [0.717, 1.165) is 11.6 Å². The number of hydrogen-bond donors (Lipinski definition) is 4. The van der Waals surface area contributed by atoms with Crippen LogP contribution in [0.25, 0.3) is 0 Å². The highest BCUT2D eigenvalue weighted by Crippen LogP contribution is 2.16. The van der Waals surface area contributed by atoms with Crippen LogP contribution in [0.15, 0.2) is 48.5 Å². The number of aliphatic hydroxyl groups is 1. The molecule has 6 heteroatoms. The smallest absolute Gasteiger partial charge is 0.315 e. The minimum Gasteiger partial charge on any atom is -0.505 e. The molecule has 2 rings (SSSR count). The molecule has 0 saturated carbocycles. The molecule has 0 saturated heterocycles. The first-order valence-electron chi connectivity index (χ1n) is 6.77. The van der Waals surface area contributed by atoms with Gasteiger partial charge in [0.25, 0.3) is 0 Å². The molecule has 116 valence electrons. The number of aromatic hydroxyl groups is 1. The van der Waals surface area contributed by atoms with Gasteiger partial charge in [0.2, 0.25) is 0 Å². The first-order chi connectivity index (χ1) is 10.6. The maximum absolute atomic E-state index is 13.2. The van der Waals surface area contributed by atoms with Gasteiger partial charge in [-0.2, -0.15) is 0 Å². The molecule has 0 spiro atoms. The molecule has 2 amide bonds. The van der Waals surface area contributed by atoms with Crippen LogP contribution in [0.2, 0.25) is 0 Å². The van der Waals surface area contributed by atoms with E-state index in [4.69, 9.17) is 5.11 Å². The minimum absolute atomic E-state index is 0.107. The maximum Gasteiger partial charge on any atom is 0.315 e. The van der Waals surface area contributed by atoms with E-state index in [1.54, 1.807) is 12.1 Å². The lowest BCUT2D eigenvalue weighted by Crippen LogP contribution is -2.38. The number of benzene rings is 2. The summed E-state index contributed by atoms with van der Waals surface area (Å²) in [5.74, 6) is -1.17. The normalized spacial score (nSPS) is 11.7. The van der Waals surface area contributed by atoms with E-state index < -0.39 is 23.6 Å². The Labute approximate surface area is 127 Å². The number of nitrogens with one attached hydrogen (secondary N) is 2. The number of carbonyl (C=O) groups excluding carboxylic acids is 1. The van der Waals surface area contributed by atoms with E-state index in [9.17, 15) is 14.3 Å². The molecule has 2 aromatic rings. The van der Waals surface area contributed by atoms with Crippen molar-refractivity contribution in [2.45, 2.75) is 12.6 Å². The quantitative estimate of drug-likeness (QED) is 0.682. The number of amides is 2. The molecular weight excluding hydrogens is 287 g/mol. The summed E-state index contributed by atoms with van der Waals surface area (Å²) in [5, 5.41) is 23.7. The van der Waals surface area contributed by atoms with Gasteiger partial charge in [-0.3, -0.25) is 0 Å². The third kappa shape index (κ3) is 4.20. The molecule has 0 fully saturated rings. The average Bonchev–Trinajstić information content (AvgIpc) is 2.54. The van der Waals surface area contributed by atoms with Crippen LogP contribution in [-0.4, -0.2) is 22.9 Å². The molecule has 2 aromatic carbocycles. The second-order valence-electron chi connectivity index (χ2n) is 4.76. The molecular formula is C16H17FN2O3. The Kier molecular flexibility index (Phi) is 5.32. The van der Waals surface area contributed by atoms with Crippen molar-refractivity contribution in [1.29, 1.82) is 0 Å². The van der Waals surface area contributed by atoms with Crippen molar-refractivity contribution < 1.29 is 19.4 Å². The second-order valence-corrected chi connectivity index (χ2v) is 4.76. The lowest BCUT2D eigenvalue weighted by atomic mass is 10.1. The minimum atomic E-state index is -0.739. The van der Waals surface area contributed by atoms with Gasteiger partial charge in [-0.15, -0.1) is 0 Å². The molecule has 0 bridgehead atoms. The highest BCUT2D eigenvalue weighted by molar-refractivity contribution is 5.74.